The van der Waals surface area contributed by atoms with Crippen molar-refractivity contribution in [1.82, 2.24) is 8.87 Å². The molecule has 0 fully saturated rings. The van der Waals surface area contributed by atoms with Crippen molar-refractivity contribution >= 4 is 16.0 Å². The number of carbonyl (C=O) groups excluding carboxylic acids is 1. The SMILES string of the molecule is CC(C)c1c(S(=O)(=O)N(C)C)c(-c2ccccc2)c(-c2ccc(F)cc2)n1CC[C@@H](O)C[C@@H](O)CC(=O)[O-].[Na+]. The number of carbonyl (C=O) groups is 1. The second-order valence-electron chi connectivity index (χ2n) is 9.81. The molecular weight excluding hydrogens is 534 g/mol. The standard InChI is InChI=1S/C28H35FN2O6S.Na/c1-18(2)26-28(38(36,37)30(3)4)25(19-8-6-5-7-9-19)27(20-10-12-21(29)13-11-20)31(26)15-14-22(32)16-23(33)17-24(34)35;/h5-13,18,22-23,32-33H,14-17H2,1-4H3,(H,34,35);/q;+1/p-1/t22-,23-;/m1./s1. The van der Waals surface area contributed by atoms with Crippen LogP contribution in [0.2, 0.25) is 0 Å². The molecule has 206 valence electrons. The van der Waals surface area contributed by atoms with Crippen LogP contribution >= 0.6 is 0 Å². The van der Waals surface area contributed by atoms with E-state index in [1.54, 1.807) is 12.1 Å². The molecule has 1 heterocycles. The molecular formula is C28H34FN2NaO6S. The fourth-order valence-corrected chi connectivity index (χ4v) is 6.08. The molecule has 3 rings (SSSR count). The van der Waals surface area contributed by atoms with E-state index in [1.807, 2.05) is 48.7 Å². The third kappa shape index (κ3) is 7.79. The first-order chi connectivity index (χ1) is 17.8. The molecule has 1 aromatic heterocycles. The van der Waals surface area contributed by atoms with Crippen LogP contribution < -0.4 is 34.7 Å². The van der Waals surface area contributed by atoms with Crippen molar-refractivity contribution in [2.45, 2.75) is 62.7 Å². The van der Waals surface area contributed by atoms with E-state index < -0.39 is 40.4 Å². The van der Waals surface area contributed by atoms with Crippen LogP contribution in [0.1, 0.15) is 44.7 Å². The summed E-state index contributed by atoms with van der Waals surface area (Å²) in [5.41, 5.74) is 2.82. The van der Waals surface area contributed by atoms with Crippen LogP contribution in [0.15, 0.2) is 59.5 Å². The van der Waals surface area contributed by atoms with Crippen LogP contribution in [-0.4, -0.2) is 59.8 Å². The first kappa shape index (κ1) is 33.2. The predicted octanol–water partition coefficient (Wildman–Crippen LogP) is -0.0191. The molecule has 2 atom stereocenters. The molecule has 39 heavy (non-hydrogen) atoms. The first-order valence-electron chi connectivity index (χ1n) is 12.4. The largest absolute Gasteiger partial charge is 1.00 e. The minimum absolute atomic E-state index is 0. The summed E-state index contributed by atoms with van der Waals surface area (Å²) in [5.74, 6) is -2.10. The Morgan fingerprint density at radius 3 is 2.10 bits per heavy atom. The number of rotatable bonds is 12. The Hall–Kier alpha value is -2.05. The number of aliphatic carboxylic acids is 1. The Bertz CT molecular complexity index is 1360. The monoisotopic (exact) mass is 568 g/mol. The fourth-order valence-electron chi connectivity index (χ4n) is 4.63. The van der Waals surface area contributed by atoms with Crippen LogP contribution in [0.3, 0.4) is 0 Å². The van der Waals surface area contributed by atoms with Crippen molar-refractivity contribution in [3.63, 3.8) is 0 Å². The number of hydrogen-bond donors (Lipinski definition) is 2. The molecule has 0 amide bonds. The second kappa shape index (κ2) is 14.0. The maximum Gasteiger partial charge on any atom is 1.00 e. The molecule has 3 aromatic rings. The molecule has 2 N–H and O–H groups in total. The fraction of sp³-hybridized carbons (Fsp3) is 0.393. The van der Waals surface area contributed by atoms with Gasteiger partial charge in [0.2, 0.25) is 10.0 Å². The van der Waals surface area contributed by atoms with Crippen LogP contribution in [-0.2, 0) is 21.4 Å². The topological polar surface area (TPSA) is 123 Å². The van der Waals surface area contributed by atoms with E-state index in [4.69, 9.17) is 0 Å². The van der Waals surface area contributed by atoms with Gasteiger partial charge in [0.1, 0.15) is 10.7 Å². The number of aromatic nitrogens is 1. The zero-order valence-corrected chi connectivity index (χ0v) is 25.8. The Morgan fingerprint density at radius 1 is 1.00 bits per heavy atom. The van der Waals surface area contributed by atoms with E-state index >= 15 is 0 Å². The van der Waals surface area contributed by atoms with Crippen molar-refractivity contribution in [2.24, 2.45) is 0 Å². The zero-order chi connectivity index (χ0) is 28.2. The summed E-state index contributed by atoms with van der Waals surface area (Å²) in [6.07, 6.45) is -2.98. The maximum absolute atomic E-state index is 13.9. The smallest absolute Gasteiger partial charge is 0.550 e. The van der Waals surface area contributed by atoms with E-state index in [2.05, 4.69) is 0 Å². The number of nitrogens with zero attached hydrogens (tertiary/aromatic N) is 2. The maximum atomic E-state index is 13.9. The zero-order valence-electron chi connectivity index (χ0n) is 23.0. The van der Waals surface area contributed by atoms with E-state index in [0.29, 0.717) is 28.1 Å². The third-order valence-corrected chi connectivity index (χ3v) is 8.25. The summed E-state index contributed by atoms with van der Waals surface area (Å²) in [7, 11) is -1.03. The van der Waals surface area contributed by atoms with E-state index in [-0.39, 0.29) is 59.8 Å². The molecule has 0 aliphatic carbocycles. The Balaban J connectivity index is 0.00000533. The van der Waals surface area contributed by atoms with Gasteiger partial charge in [-0.3, -0.25) is 0 Å². The number of aliphatic hydroxyl groups excluding tert-OH is 2. The molecule has 2 aromatic carbocycles. The van der Waals surface area contributed by atoms with E-state index in [9.17, 15) is 32.9 Å². The molecule has 0 radical (unpaired) electrons. The average Bonchev–Trinajstić information content (AvgIpc) is 3.19. The van der Waals surface area contributed by atoms with Crippen LogP contribution in [0.25, 0.3) is 22.4 Å². The molecule has 0 aliphatic heterocycles. The molecule has 0 unspecified atom stereocenters. The molecule has 0 saturated heterocycles. The number of hydrogen-bond acceptors (Lipinski definition) is 6. The van der Waals surface area contributed by atoms with Gasteiger partial charge >= 0.3 is 29.6 Å². The predicted molar refractivity (Wildman–Crippen MR) is 141 cm³/mol. The minimum Gasteiger partial charge on any atom is -0.550 e. The van der Waals surface area contributed by atoms with Crippen molar-refractivity contribution in [3.8, 4) is 22.4 Å². The number of halogens is 1. The molecule has 8 nitrogen and oxygen atoms in total. The molecule has 11 heteroatoms. The summed E-state index contributed by atoms with van der Waals surface area (Å²) in [6.45, 7) is 3.93. The minimum atomic E-state index is -3.96. The number of carboxylic acid groups (broad SMARTS) is 1. The van der Waals surface area contributed by atoms with Gasteiger partial charge in [-0.05, 0) is 54.2 Å². The van der Waals surface area contributed by atoms with Gasteiger partial charge in [0, 0.05) is 44.3 Å². The Morgan fingerprint density at radius 2 is 1.59 bits per heavy atom. The summed E-state index contributed by atoms with van der Waals surface area (Å²) in [6, 6.07) is 14.9. The van der Waals surface area contributed by atoms with Gasteiger partial charge in [0.05, 0.1) is 17.9 Å². The van der Waals surface area contributed by atoms with Gasteiger partial charge in [-0.25, -0.2) is 17.1 Å². The number of sulfonamides is 1. The average molecular weight is 569 g/mol. The summed E-state index contributed by atoms with van der Waals surface area (Å²) < 4.78 is 44.5. The Kier molecular flexibility index (Phi) is 11.9. The Labute approximate surface area is 251 Å². The second-order valence-corrected chi connectivity index (χ2v) is 11.9. The van der Waals surface area contributed by atoms with Crippen molar-refractivity contribution < 1.29 is 62.5 Å². The summed E-state index contributed by atoms with van der Waals surface area (Å²) >= 11 is 0. The van der Waals surface area contributed by atoms with Gasteiger partial charge in [-0.1, -0.05) is 44.2 Å². The van der Waals surface area contributed by atoms with Crippen molar-refractivity contribution in [2.75, 3.05) is 14.1 Å². The number of benzene rings is 2. The van der Waals surface area contributed by atoms with E-state index in [1.165, 1.54) is 26.2 Å². The van der Waals surface area contributed by atoms with Gasteiger partial charge in [-0.15, -0.1) is 0 Å². The van der Waals surface area contributed by atoms with Crippen LogP contribution in [0.4, 0.5) is 4.39 Å². The van der Waals surface area contributed by atoms with Gasteiger partial charge in [-0.2, -0.15) is 0 Å². The van der Waals surface area contributed by atoms with E-state index in [0.717, 1.165) is 4.31 Å². The molecule has 0 saturated carbocycles. The normalized spacial score (nSPS) is 13.4. The van der Waals surface area contributed by atoms with Crippen molar-refractivity contribution in [1.29, 1.82) is 0 Å². The van der Waals surface area contributed by atoms with Crippen molar-refractivity contribution in [3.05, 3.63) is 66.1 Å². The first-order valence-corrected chi connectivity index (χ1v) is 13.8. The van der Waals surface area contributed by atoms with Crippen LogP contribution in [0, 0.1) is 5.82 Å². The quantitative estimate of drug-likeness (QED) is 0.296. The number of carboxylic acids is 1. The number of aliphatic hydroxyl groups is 2. The van der Waals surface area contributed by atoms with Gasteiger partial charge in [0.25, 0.3) is 0 Å². The molecule has 0 bridgehead atoms. The summed E-state index contributed by atoms with van der Waals surface area (Å²) in [5, 5.41) is 31.3. The molecule has 0 aliphatic rings. The molecule has 0 spiro atoms. The summed E-state index contributed by atoms with van der Waals surface area (Å²) in [4.78, 5) is 10.9. The van der Waals surface area contributed by atoms with Gasteiger partial charge < -0.3 is 24.7 Å². The van der Waals surface area contributed by atoms with Crippen LogP contribution in [0.5, 0.6) is 0 Å². The van der Waals surface area contributed by atoms with Gasteiger partial charge in [0.15, 0.2) is 0 Å². The third-order valence-electron chi connectivity index (χ3n) is 6.36.